The van der Waals surface area contributed by atoms with Crippen LogP contribution in [0, 0.1) is 11.3 Å². The van der Waals surface area contributed by atoms with E-state index in [0.717, 1.165) is 55.3 Å². The highest BCUT2D eigenvalue weighted by molar-refractivity contribution is 7.98. The number of carbonyl (C=O) groups is 4. The van der Waals surface area contributed by atoms with Crippen molar-refractivity contribution in [1.29, 1.82) is 0 Å². The molecule has 6 rings (SSSR count). The third-order valence-corrected chi connectivity index (χ3v) is 11.0. The van der Waals surface area contributed by atoms with Gasteiger partial charge in [-0.05, 0) is 85.6 Å². The maximum absolute atomic E-state index is 14.5. The Kier molecular flexibility index (Phi) is 9.79. The molecule has 4 amide bonds. The van der Waals surface area contributed by atoms with Crippen LogP contribution in [0.5, 0.6) is 0 Å². The highest BCUT2D eigenvalue weighted by Crippen LogP contribution is 2.46. The molecular weight excluding hydrogens is 627 g/mol. The normalized spacial score (nSPS) is 24.5. The van der Waals surface area contributed by atoms with E-state index < -0.39 is 35.0 Å². The molecule has 3 aliphatic carbocycles. The zero-order valence-electron chi connectivity index (χ0n) is 28.1. The van der Waals surface area contributed by atoms with Gasteiger partial charge in [0.25, 0.3) is 5.91 Å². The van der Waals surface area contributed by atoms with Crippen molar-refractivity contribution in [2.24, 2.45) is 11.3 Å². The Morgan fingerprint density at radius 1 is 0.979 bits per heavy atom. The molecule has 3 saturated carbocycles. The Balaban J connectivity index is 1.24. The van der Waals surface area contributed by atoms with E-state index in [0.29, 0.717) is 11.7 Å². The quantitative estimate of drug-likeness (QED) is 0.216. The van der Waals surface area contributed by atoms with E-state index in [9.17, 15) is 19.2 Å². The molecule has 4 aliphatic rings. The van der Waals surface area contributed by atoms with Gasteiger partial charge in [-0.15, -0.1) is 6.58 Å². The molecule has 4 atom stereocenters. The van der Waals surface area contributed by atoms with Gasteiger partial charge >= 0.3 is 6.09 Å². The van der Waals surface area contributed by atoms with Gasteiger partial charge in [0.1, 0.15) is 23.7 Å². The lowest BCUT2D eigenvalue weighted by molar-refractivity contribution is -0.142. The fraction of sp³-hybridized carbons (Fsp3) is 0.514. The first kappa shape index (κ1) is 33.9. The summed E-state index contributed by atoms with van der Waals surface area (Å²) in [4.78, 5) is 58.6. The molecule has 1 heterocycles. The van der Waals surface area contributed by atoms with E-state index in [4.69, 9.17) is 4.74 Å². The SMILES string of the molecule is C=C[C@@H]1C[C@]1(NC(=O)[C@@H]1CN(c2ccc(-c3ccccc3)cc2)CN1C(=O)[C@@H](NC(=O)OC1CCCC1)C(C)(C)C)C(=O)NSC1CC1. The summed E-state index contributed by atoms with van der Waals surface area (Å²) >= 11 is 1.41. The van der Waals surface area contributed by atoms with Gasteiger partial charge in [-0.2, -0.15) is 0 Å². The summed E-state index contributed by atoms with van der Waals surface area (Å²) in [7, 11) is 0. The van der Waals surface area contributed by atoms with Crippen molar-refractivity contribution >= 4 is 41.5 Å². The number of anilines is 1. The smallest absolute Gasteiger partial charge is 0.408 e. The summed E-state index contributed by atoms with van der Waals surface area (Å²) in [5.74, 6) is -1.24. The van der Waals surface area contributed by atoms with E-state index in [1.807, 2.05) is 80.3 Å². The van der Waals surface area contributed by atoms with E-state index in [2.05, 4.69) is 21.9 Å². The zero-order valence-corrected chi connectivity index (χ0v) is 28.9. The van der Waals surface area contributed by atoms with Gasteiger partial charge in [0.15, 0.2) is 0 Å². The minimum Gasteiger partial charge on any atom is -0.446 e. The third kappa shape index (κ3) is 7.51. The molecular formula is C37H47N5O5S. The van der Waals surface area contributed by atoms with Gasteiger partial charge in [0.2, 0.25) is 11.8 Å². The average Bonchev–Trinajstić information content (AvgIpc) is 3.92. The van der Waals surface area contributed by atoms with Gasteiger partial charge in [-0.3, -0.25) is 19.1 Å². The second kappa shape index (κ2) is 13.9. The van der Waals surface area contributed by atoms with Crippen LogP contribution in [0.4, 0.5) is 10.5 Å². The van der Waals surface area contributed by atoms with Crippen LogP contribution in [-0.2, 0) is 19.1 Å². The summed E-state index contributed by atoms with van der Waals surface area (Å²) in [6.45, 7) is 9.89. The standard InChI is InChI=1S/C37H47N5O5S/c1-5-26-21-37(26,34(45)40-48-29-19-20-29)39-32(43)30-22-41(27-17-15-25(16-18-27)24-11-7-6-8-12-24)23-42(30)33(44)31(36(2,3)4)38-35(46)47-28-13-9-10-14-28/h5-8,11-12,15-18,26,28-31H,1,9-10,13-14,19-23H2,2-4H3,(H,38,46)(H,39,43)(H,40,45)/t26-,30+,31-,37-/m1/s1. The van der Waals surface area contributed by atoms with Gasteiger partial charge < -0.3 is 25.2 Å². The molecule has 1 saturated heterocycles. The molecule has 0 spiro atoms. The maximum atomic E-state index is 14.5. The van der Waals surface area contributed by atoms with E-state index in [-0.39, 0.29) is 37.0 Å². The molecule has 0 bridgehead atoms. The van der Waals surface area contributed by atoms with Gasteiger partial charge in [-0.25, -0.2) is 4.79 Å². The van der Waals surface area contributed by atoms with Crippen LogP contribution in [0.1, 0.15) is 65.7 Å². The van der Waals surface area contributed by atoms with Crippen molar-refractivity contribution in [3.8, 4) is 11.1 Å². The maximum Gasteiger partial charge on any atom is 0.408 e. The summed E-state index contributed by atoms with van der Waals surface area (Å²) in [6, 6.07) is 16.2. The monoisotopic (exact) mass is 673 g/mol. The first-order valence-electron chi connectivity index (χ1n) is 17.1. The van der Waals surface area contributed by atoms with E-state index in [1.54, 1.807) is 6.08 Å². The molecule has 0 unspecified atom stereocenters. The Morgan fingerprint density at radius 2 is 1.65 bits per heavy atom. The number of rotatable bonds is 11. The lowest BCUT2D eigenvalue weighted by atomic mass is 9.85. The first-order valence-corrected chi connectivity index (χ1v) is 17.9. The number of alkyl carbamates (subject to hydrolysis) is 1. The van der Waals surface area contributed by atoms with Crippen molar-refractivity contribution in [3.05, 3.63) is 67.3 Å². The minimum absolute atomic E-state index is 0.134. The minimum atomic E-state index is -1.10. The van der Waals surface area contributed by atoms with E-state index in [1.165, 1.54) is 16.8 Å². The number of hydrogen-bond donors (Lipinski definition) is 3. The molecule has 48 heavy (non-hydrogen) atoms. The second-order valence-corrected chi connectivity index (χ2v) is 15.7. The van der Waals surface area contributed by atoms with Crippen LogP contribution in [0.3, 0.4) is 0 Å². The van der Waals surface area contributed by atoms with Crippen LogP contribution in [0.15, 0.2) is 67.3 Å². The Hall–Kier alpha value is -3.99. The second-order valence-electron chi connectivity index (χ2n) is 14.6. The predicted octanol–water partition coefficient (Wildman–Crippen LogP) is 5.40. The van der Waals surface area contributed by atoms with Gasteiger partial charge in [0, 0.05) is 23.4 Å². The van der Waals surface area contributed by atoms with Crippen LogP contribution >= 0.6 is 11.9 Å². The largest absolute Gasteiger partial charge is 0.446 e. The number of ether oxygens (including phenoxy) is 1. The summed E-state index contributed by atoms with van der Waals surface area (Å²) < 4.78 is 8.61. The summed E-state index contributed by atoms with van der Waals surface area (Å²) in [5.41, 5.74) is 1.22. The number of benzene rings is 2. The molecule has 2 aromatic rings. The molecule has 0 aromatic heterocycles. The highest BCUT2D eigenvalue weighted by Gasteiger charge is 2.61. The van der Waals surface area contributed by atoms with Crippen LogP contribution < -0.4 is 20.3 Å². The number of amides is 4. The molecule has 2 aromatic carbocycles. The predicted molar refractivity (Wildman–Crippen MR) is 188 cm³/mol. The highest BCUT2D eigenvalue weighted by atomic mass is 32.2. The Morgan fingerprint density at radius 3 is 2.25 bits per heavy atom. The molecule has 0 radical (unpaired) electrons. The van der Waals surface area contributed by atoms with Crippen molar-refractivity contribution in [3.63, 3.8) is 0 Å². The van der Waals surface area contributed by atoms with Crippen LogP contribution in [0.2, 0.25) is 0 Å². The Labute approximate surface area is 287 Å². The molecule has 11 heteroatoms. The van der Waals surface area contributed by atoms with Crippen LogP contribution in [0.25, 0.3) is 11.1 Å². The Bertz CT molecular complexity index is 1520. The molecule has 3 N–H and O–H groups in total. The molecule has 10 nitrogen and oxygen atoms in total. The number of nitrogens with zero attached hydrogens (tertiary/aromatic N) is 2. The average molecular weight is 674 g/mol. The van der Waals surface area contributed by atoms with Crippen molar-refractivity contribution in [2.45, 2.75) is 94.7 Å². The van der Waals surface area contributed by atoms with E-state index >= 15 is 0 Å². The third-order valence-electron chi connectivity index (χ3n) is 9.86. The summed E-state index contributed by atoms with van der Waals surface area (Å²) in [6.07, 6.45) is 7.15. The zero-order chi connectivity index (χ0) is 34.1. The molecule has 256 valence electrons. The fourth-order valence-corrected chi connectivity index (χ4v) is 7.48. The van der Waals surface area contributed by atoms with Crippen molar-refractivity contribution in [2.75, 3.05) is 18.1 Å². The summed E-state index contributed by atoms with van der Waals surface area (Å²) in [5, 5.41) is 6.30. The number of nitrogens with one attached hydrogen (secondary N) is 3. The number of hydrogen-bond acceptors (Lipinski definition) is 7. The topological polar surface area (TPSA) is 120 Å². The first-order chi connectivity index (χ1) is 23.0. The van der Waals surface area contributed by atoms with Crippen LogP contribution in [-0.4, -0.2) is 70.9 Å². The molecule has 1 aliphatic heterocycles. The fourth-order valence-electron chi connectivity index (χ4n) is 6.65. The lowest BCUT2D eigenvalue weighted by Crippen LogP contribution is -2.60. The van der Waals surface area contributed by atoms with Gasteiger partial charge in [-0.1, -0.05) is 69.3 Å². The van der Waals surface area contributed by atoms with Gasteiger partial charge in [0.05, 0.1) is 6.67 Å². The van der Waals surface area contributed by atoms with Crippen molar-refractivity contribution < 1.29 is 23.9 Å². The van der Waals surface area contributed by atoms with Crippen molar-refractivity contribution in [1.82, 2.24) is 20.3 Å². The number of carbonyl (C=O) groups excluding carboxylic acids is 4. The molecule has 4 fully saturated rings. The lowest BCUT2D eigenvalue weighted by Gasteiger charge is -2.35.